The number of nitriles is 1. The largest absolute Gasteiger partial charge is 0.481 e. The van der Waals surface area contributed by atoms with Gasteiger partial charge in [-0.05, 0) is 23.9 Å². The molecule has 0 aliphatic rings. The molecular weight excluding hydrogens is 230 g/mol. The highest BCUT2D eigenvalue weighted by atomic mass is 32.2. The number of carboxylic acid groups (broad SMARTS) is 1. The summed E-state index contributed by atoms with van der Waals surface area (Å²) in [6.45, 7) is 0. The van der Waals surface area contributed by atoms with Crippen LogP contribution in [-0.4, -0.2) is 16.8 Å². The van der Waals surface area contributed by atoms with Crippen LogP contribution in [-0.2, 0) is 4.79 Å². The summed E-state index contributed by atoms with van der Waals surface area (Å²) in [6, 6.07) is 7.49. The van der Waals surface area contributed by atoms with Crippen LogP contribution < -0.4 is 0 Å². The van der Waals surface area contributed by atoms with Gasteiger partial charge in [-0.2, -0.15) is 5.26 Å². The second-order valence-corrected chi connectivity index (χ2v) is 4.60. The predicted molar refractivity (Wildman–Crippen MR) is 60.9 cm³/mol. The summed E-state index contributed by atoms with van der Waals surface area (Å²) in [6.07, 6.45) is 0.135. The molecule has 1 N–H and O–H groups in total. The second-order valence-electron chi connectivity index (χ2n) is 2.63. The van der Waals surface area contributed by atoms with Crippen LogP contribution >= 0.6 is 23.5 Å². The number of rotatable bonds is 5. The quantitative estimate of drug-likeness (QED) is 0.632. The lowest BCUT2D eigenvalue weighted by Crippen LogP contribution is -1.95. The molecule has 1 aromatic rings. The molecule has 0 saturated heterocycles. The molecule has 0 heterocycles. The fourth-order valence-electron chi connectivity index (χ4n) is 0.951. The first kappa shape index (κ1) is 12.0. The van der Waals surface area contributed by atoms with Crippen LogP contribution in [0.5, 0.6) is 0 Å². The first-order valence-electron chi connectivity index (χ1n) is 4.23. The molecule has 0 aliphatic carbocycles. The number of aliphatic carboxylic acids is 1. The molecule has 0 aliphatic heterocycles. The summed E-state index contributed by atoms with van der Waals surface area (Å²) in [5.74, 6) is -0.272. The van der Waals surface area contributed by atoms with Crippen molar-refractivity contribution in [3.63, 3.8) is 0 Å². The van der Waals surface area contributed by atoms with Crippen LogP contribution in [0, 0.1) is 10.7 Å². The number of carboxylic acids is 1. The summed E-state index contributed by atoms with van der Waals surface area (Å²) in [5.41, 5.74) is 0. The van der Waals surface area contributed by atoms with Gasteiger partial charge in [-0.1, -0.05) is 12.1 Å². The van der Waals surface area contributed by atoms with Crippen molar-refractivity contribution in [3.8, 4) is 5.40 Å². The number of thiocyanates is 1. The molecule has 0 aromatic heterocycles. The van der Waals surface area contributed by atoms with Crippen molar-refractivity contribution in [1.29, 1.82) is 5.26 Å². The molecule has 78 valence electrons. The van der Waals surface area contributed by atoms with E-state index >= 15 is 0 Å². The lowest BCUT2D eigenvalue weighted by Gasteiger charge is -2.03. The monoisotopic (exact) mass is 239 g/mol. The van der Waals surface area contributed by atoms with Gasteiger partial charge in [0.05, 0.1) is 6.42 Å². The average molecular weight is 239 g/mol. The summed E-state index contributed by atoms with van der Waals surface area (Å²) in [5, 5.41) is 19.1. The third-order valence-corrected chi connectivity index (χ3v) is 3.45. The smallest absolute Gasteiger partial charge is 0.304 e. The Kier molecular flexibility index (Phi) is 5.08. The van der Waals surface area contributed by atoms with E-state index in [1.807, 2.05) is 29.7 Å². The Balaban J connectivity index is 2.59. The molecule has 0 unspecified atom stereocenters. The third-order valence-electron chi connectivity index (χ3n) is 1.58. The molecule has 1 rings (SSSR count). The number of thioether (sulfide) groups is 2. The Labute approximate surface area is 96.5 Å². The van der Waals surface area contributed by atoms with Crippen LogP contribution in [0.4, 0.5) is 0 Å². The number of nitrogens with zero attached hydrogens (tertiary/aromatic N) is 1. The summed E-state index contributed by atoms with van der Waals surface area (Å²) >= 11 is 2.56. The summed E-state index contributed by atoms with van der Waals surface area (Å²) < 4.78 is 0. The van der Waals surface area contributed by atoms with E-state index in [2.05, 4.69) is 0 Å². The van der Waals surface area contributed by atoms with Gasteiger partial charge in [0.15, 0.2) is 0 Å². The molecule has 15 heavy (non-hydrogen) atoms. The molecule has 5 heteroatoms. The van der Waals surface area contributed by atoms with E-state index in [-0.39, 0.29) is 6.42 Å². The van der Waals surface area contributed by atoms with Crippen molar-refractivity contribution in [3.05, 3.63) is 24.3 Å². The van der Waals surface area contributed by atoms with E-state index in [9.17, 15) is 4.79 Å². The predicted octanol–water partition coefficient (Wildman–Crippen LogP) is 2.83. The molecule has 0 spiro atoms. The van der Waals surface area contributed by atoms with Crippen molar-refractivity contribution >= 4 is 29.5 Å². The van der Waals surface area contributed by atoms with Gasteiger partial charge in [-0.25, -0.2) is 0 Å². The topological polar surface area (TPSA) is 61.1 Å². The molecule has 0 bridgehead atoms. The highest BCUT2D eigenvalue weighted by Gasteiger charge is 2.04. The van der Waals surface area contributed by atoms with Gasteiger partial charge in [0.25, 0.3) is 0 Å². The molecule has 0 radical (unpaired) electrons. The standard InChI is InChI=1S/C10H9NO2S2/c11-7-15-9-4-2-1-3-8(9)14-6-5-10(12)13/h1-4H,5-6H2,(H,12,13). The van der Waals surface area contributed by atoms with Gasteiger partial charge in [0, 0.05) is 15.5 Å². The Morgan fingerprint density at radius 1 is 1.40 bits per heavy atom. The highest BCUT2D eigenvalue weighted by molar-refractivity contribution is 8.05. The summed E-state index contributed by atoms with van der Waals surface area (Å²) in [7, 11) is 0. The first-order chi connectivity index (χ1) is 7.24. The SMILES string of the molecule is N#CSc1ccccc1SCCC(=O)O. The number of benzene rings is 1. The minimum atomic E-state index is -0.798. The second kappa shape index (κ2) is 6.38. The molecule has 0 amide bonds. The van der Waals surface area contributed by atoms with Gasteiger partial charge in [-0.15, -0.1) is 11.8 Å². The maximum Gasteiger partial charge on any atom is 0.304 e. The van der Waals surface area contributed by atoms with E-state index in [4.69, 9.17) is 10.4 Å². The number of hydrogen-bond acceptors (Lipinski definition) is 4. The van der Waals surface area contributed by atoms with Crippen molar-refractivity contribution in [1.82, 2.24) is 0 Å². The fraction of sp³-hybridized carbons (Fsp3) is 0.200. The number of hydrogen-bond donors (Lipinski definition) is 1. The third kappa shape index (κ3) is 4.28. The molecule has 0 saturated carbocycles. The Hall–Kier alpha value is -1.12. The van der Waals surface area contributed by atoms with Gasteiger partial charge in [0.2, 0.25) is 0 Å². The Bertz CT molecular complexity index is 387. The van der Waals surface area contributed by atoms with Crippen molar-refractivity contribution in [2.24, 2.45) is 0 Å². The van der Waals surface area contributed by atoms with Crippen molar-refractivity contribution < 1.29 is 9.90 Å². The number of carbonyl (C=O) groups is 1. The maximum atomic E-state index is 10.3. The van der Waals surface area contributed by atoms with E-state index in [1.165, 1.54) is 11.8 Å². The zero-order chi connectivity index (χ0) is 11.1. The highest BCUT2D eigenvalue weighted by Crippen LogP contribution is 2.30. The van der Waals surface area contributed by atoms with Crippen LogP contribution in [0.2, 0.25) is 0 Å². The Morgan fingerprint density at radius 2 is 2.07 bits per heavy atom. The maximum absolute atomic E-state index is 10.3. The minimum absolute atomic E-state index is 0.135. The van der Waals surface area contributed by atoms with Crippen LogP contribution in [0.15, 0.2) is 34.1 Å². The normalized spacial score (nSPS) is 9.53. The van der Waals surface area contributed by atoms with Crippen molar-refractivity contribution in [2.75, 3.05) is 5.75 Å². The summed E-state index contributed by atoms with van der Waals surface area (Å²) in [4.78, 5) is 12.2. The van der Waals surface area contributed by atoms with Crippen LogP contribution in [0.1, 0.15) is 6.42 Å². The van der Waals surface area contributed by atoms with E-state index in [0.29, 0.717) is 5.75 Å². The molecular formula is C10H9NO2S2. The lowest BCUT2D eigenvalue weighted by molar-refractivity contribution is -0.136. The lowest BCUT2D eigenvalue weighted by atomic mass is 10.4. The van der Waals surface area contributed by atoms with Gasteiger partial charge < -0.3 is 5.11 Å². The zero-order valence-corrected chi connectivity index (χ0v) is 9.48. The van der Waals surface area contributed by atoms with Gasteiger partial charge >= 0.3 is 5.97 Å². The first-order valence-corrected chi connectivity index (χ1v) is 6.04. The molecule has 3 nitrogen and oxygen atoms in total. The Morgan fingerprint density at radius 3 is 2.67 bits per heavy atom. The molecule has 1 aromatic carbocycles. The minimum Gasteiger partial charge on any atom is -0.481 e. The fourth-order valence-corrected chi connectivity index (χ4v) is 2.55. The van der Waals surface area contributed by atoms with E-state index in [1.54, 1.807) is 0 Å². The molecule has 0 atom stereocenters. The van der Waals surface area contributed by atoms with Crippen molar-refractivity contribution in [2.45, 2.75) is 16.2 Å². The van der Waals surface area contributed by atoms with E-state index < -0.39 is 5.97 Å². The molecule has 0 fully saturated rings. The van der Waals surface area contributed by atoms with Gasteiger partial charge in [-0.3, -0.25) is 4.79 Å². The van der Waals surface area contributed by atoms with Gasteiger partial charge in [0.1, 0.15) is 5.40 Å². The van der Waals surface area contributed by atoms with Crippen LogP contribution in [0.25, 0.3) is 0 Å². The van der Waals surface area contributed by atoms with Crippen LogP contribution in [0.3, 0.4) is 0 Å². The zero-order valence-electron chi connectivity index (χ0n) is 7.84. The average Bonchev–Trinajstić information content (AvgIpc) is 2.20. The van der Waals surface area contributed by atoms with E-state index in [0.717, 1.165) is 21.6 Å².